The Hall–Kier alpha value is 0.310. The summed E-state index contributed by atoms with van der Waals surface area (Å²) in [5.41, 5.74) is 0. The molecular formula is C9H19NS. The summed E-state index contributed by atoms with van der Waals surface area (Å²) < 4.78 is 0. The zero-order valence-electron chi connectivity index (χ0n) is 7.44. The maximum atomic E-state index is 3.45. The lowest BCUT2D eigenvalue weighted by Gasteiger charge is -2.21. The van der Waals surface area contributed by atoms with Crippen LogP contribution in [0.5, 0.6) is 0 Å². The molecule has 0 aromatic heterocycles. The van der Waals surface area contributed by atoms with E-state index in [-0.39, 0.29) is 0 Å². The van der Waals surface area contributed by atoms with Gasteiger partial charge in [-0.3, -0.25) is 0 Å². The fourth-order valence-corrected chi connectivity index (χ4v) is 2.53. The van der Waals surface area contributed by atoms with Crippen LogP contribution >= 0.6 is 11.8 Å². The summed E-state index contributed by atoms with van der Waals surface area (Å²) in [5, 5.41) is 3.45. The van der Waals surface area contributed by atoms with E-state index in [4.69, 9.17) is 0 Å². The van der Waals surface area contributed by atoms with Crippen LogP contribution < -0.4 is 5.32 Å². The number of rotatable bonds is 4. The van der Waals surface area contributed by atoms with Gasteiger partial charge in [-0.1, -0.05) is 6.92 Å². The Balaban J connectivity index is 1.96. The summed E-state index contributed by atoms with van der Waals surface area (Å²) in [6, 6.07) is 0. The van der Waals surface area contributed by atoms with Crippen molar-refractivity contribution in [1.82, 2.24) is 5.32 Å². The molecule has 66 valence electrons. The van der Waals surface area contributed by atoms with E-state index in [1.807, 2.05) is 0 Å². The number of piperidine rings is 1. The summed E-state index contributed by atoms with van der Waals surface area (Å²) >= 11 is 2.12. The molecule has 1 heterocycles. The van der Waals surface area contributed by atoms with E-state index in [1.165, 1.54) is 43.9 Å². The molecule has 0 radical (unpaired) electrons. The van der Waals surface area contributed by atoms with Crippen LogP contribution in [0.1, 0.15) is 26.2 Å². The van der Waals surface area contributed by atoms with E-state index in [0.29, 0.717) is 0 Å². The Morgan fingerprint density at radius 2 is 2.45 bits per heavy atom. The van der Waals surface area contributed by atoms with Crippen molar-refractivity contribution in [1.29, 1.82) is 0 Å². The summed E-state index contributed by atoms with van der Waals surface area (Å²) in [6.45, 7) is 4.76. The highest BCUT2D eigenvalue weighted by atomic mass is 32.2. The minimum absolute atomic E-state index is 0.959. The van der Waals surface area contributed by atoms with Crippen molar-refractivity contribution in [2.75, 3.05) is 24.6 Å². The molecule has 1 fully saturated rings. The molecule has 2 heteroatoms. The topological polar surface area (TPSA) is 12.0 Å². The van der Waals surface area contributed by atoms with Crippen molar-refractivity contribution in [3.8, 4) is 0 Å². The third-order valence-corrected chi connectivity index (χ3v) is 3.50. The van der Waals surface area contributed by atoms with Crippen LogP contribution in [0.25, 0.3) is 0 Å². The number of hydrogen-bond acceptors (Lipinski definition) is 2. The van der Waals surface area contributed by atoms with Crippen LogP contribution in [0, 0.1) is 5.92 Å². The SMILES string of the molecule is CCCSCC1CCCNC1. The molecule has 0 spiro atoms. The monoisotopic (exact) mass is 173 g/mol. The standard InChI is InChI=1S/C9H19NS/c1-2-6-11-8-9-4-3-5-10-7-9/h9-10H,2-8H2,1H3. The van der Waals surface area contributed by atoms with Gasteiger partial charge < -0.3 is 5.32 Å². The minimum atomic E-state index is 0.959. The first-order valence-corrected chi connectivity index (χ1v) is 5.87. The molecule has 1 N–H and O–H groups in total. The fraction of sp³-hybridized carbons (Fsp3) is 1.00. The lowest BCUT2D eigenvalue weighted by molar-refractivity contribution is 0.410. The molecule has 1 aliphatic rings. The number of nitrogens with one attached hydrogen (secondary N) is 1. The molecule has 1 unspecified atom stereocenters. The van der Waals surface area contributed by atoms with Gasteiger partial charge in [0, 0.05) is 0 Å². The Morgan fingerprint density at radius 3 is 3.09 bits per heavy atom. The lowest BCUT2D eigenvalue weighted by atomic mass is 10.0. The first-order valence-electron chi connectivity index (χ1n) is 4.72. The zero-order valence-corrected chi connectivity index (χ0v) is 8.25. The first-order chi connectivity index (χ1) is 5.43. The molecule has 1 rings (SSSR count). The van der Waals surface area contributed by atoms with Gasteiger partial charge in [0.1, 0.15) is 0 Å². The Bertz CT molecular complexity index is 89.6. The van der Waals surface area contributed by atoms with E-state index >= 15 is 0 Å². The number of hydrogen-bond donors (Lipinski definition) is 1. The average Bonchev–Trinajstić information content (AvgIpc) is 2.07. The second-order valence-corrected chi connectivity index (χ2v) is 4.44. The third kappa shape index (κ3) is 4.02. The van der Waals surface area contributed by atoms with Crippen molar-refractivity contribution in [3.63, 3.8) is 0 Å². The predicted molar refractivity (Wildman–Crippen MR) is 53.2 cm³/mol. The molecule has 0 aromatic carbocycles. The van der Waals surface area contributed by atoms with Crippen molar-refractivity contribution >= 4 is 11.8 Å². The van der Waals surface area contributed by atoms with E-state index in [2.05, 4.69) is 24.0 Å². The van der Waals surface area contributed by atoms with Crippen LogP contribution in [0.3, 0.4) is 0 Å². The van der Waals surface area contributed by atoms with Gasteiger partial charge >= 0.3 is 0 Å². The van der Waals surface area contributed by atoms with Gasteiger partial charge in [-0.25, -0.2) is 0 Å². The maximum Gasteiger partial charge on any atom is -0.00126 e. The van der Waals surface area contributed by atoms with Crippen LogP contribution in [0.4, 0.5) is 0 Å². The minimum Gasteiger partial charge on any atom is -0.316 e. The molecule has 0 aromatic rings. The smallest absolute Gasteiger partial charge is 0.00126 e. The quantitative estimate of drug-likeness (QED) is 0.654. The Kier molecular flexibility index (Phi) is 5.04. The Morgan fingerprint density at radius 1 is 1.55 bits per heavy atom. The van der Waals surface area contributed by atoms with Gasteiger partial charge in [0.05, 0.1) is 0 Å². The molecule has 1 aliphatic heterocycles. The van der Waals surface area contributed by atoms with Gasteiger partial charge in [0.2, 0.25) is 0 Å². The predicted octanol–water partition coefficient (Wildman–Crippen LogP) is 2.13. The normalized spacial score (nSPS) is 25.4. The number of thioether (sulfide) groups is 1. The van der Waals surface area contributed by atoms with E-state index in [9.17, 15) is 0 Å². The summed E-state index contributed by atoms with van der Waals surface area (Å²) in [4.78, 5) is 0. The van der Waals surface area contributed by atoms with Gasteiger partial charge in [-0.15, -0.1) is 0 Å². The van der Waals surface area contributed by atoms with Crippen LogP contribution in [-0.2, 0) is 0 Å². The molecule has 1 saturated heterocycles. The van der Waals surface area contributed by atoms with Crippen molar-refractivity contribution in [3.05, 3.63) is 0 Å². The molecule has 0 bridgehead atoms. The van der Waals surface area contributed by atoms with Gasteiger partial charge in [-0.05, 0) is 49.8 Å². The van der Waals surface area contributed by atoms with Crippen LogP contribution in [0.15, 0.2) is 0 Å². The molecule has 0 aliphatic carbocycles. The highest BCUT2D eigenvalue weighted by Gasteiger charge is 2.11. The molecule has 1 nitrogen and oxygen atoms in total. The van der Waals surface area contributed by atoms with Crippen molar-refractivity contribution in [2.24, 2.45) is 5.92 Å². The summed E-state index contributed by atoms with van der Waals surface area (Å²) in [7, 11) is 0. The van der Waals surface area contributed by atoms with Gasteiger partial charge in [0.15, 0.2) is 0 Å². The van der Waals surface area contributed by atoms with Gasteiger partial charge in [0.25, 0.3) is 0 Å². The fourth-order valence-electron chi connectivity index (χ4n) is 1.46. The first kappa shape index (κ1) is 9.40. The highest BCUT2D eigenvalue weighted by molar-refractivity contribution is 7.99. The largest absolute Gasteiger partial charge is 0.316 e. The second-order valence-electron chi connectivity index (χ2n) is 3.29. The van der Waals surface area contributed by atoms with Gasteiger partial charge in [-0.2, -0.15) is 11.8 Å². The Labute approximate surface area is 74.3 Å². The second kappa shape index (κ2) is 5.90. The van der Waals surface area contributed by atoms with E-state index in [0.717, 1.165) is 5.92 Å². The molecule has 1 atom stereocenters. The van der Waals surface area contributed by atoms with Crippen molar-refractivity contribution < 1.29 is 0 Å². The molecule has 0 saturated carbocycles. The average molecular weight is 173 g/mol. The highest BCUT2D eigenvalue weighted by Crippen LogP contribution is 2.16. The van der Waals surface area contributed by atoms with E-state index in [1.54, 1.807) is 0 Å². The van der Waals surface area contributed by atoms with E-state index < -0.39 is 0 Å². The van der Waals surface area contributed by atoms with Crippen LogP contribution in [-0.4, -0.2) is 24.6 Å². The lowest BCUT2D eigenvalue weighted by Crippen LogP contribution is -2.30. The summed E-state index contributed by atoms with van der Waals surface area (Å²) in [6.07, 6.45) is 4.16. The molecule has 0 amide bonds. The molecular weight excluding hydrogens is 154 g/mol. The summed E-state index contributed by atoms with van der Waals surface area (Å²) in [5.74, 6) is 3.68. The zero-order chi connectivity index (χ0) is 7.94. The van der Waals surface area contributed by atoms with Crippen molar-refractivity contribution in [2.45, 2.75) is 26.2 Å². The van der Waals surface area contributed by atoms with Crippen LogP contribution in [0.2, 0.25) is 0 Å². The third-order valence-electron chi connectivity index (χ3n) is 2.10. The maximum absolute atomic E-state index is 3.45. The molecule has 11 heavy (non-hydrogen) atoms.